The molecule has 0 saturated heterocycles. The van der Waals surface area contributed by atoms with Crippen LogP contribution >= 0.6 is 0 Å². The van der Waals surface area contributed by atoms with Crippen LogP contribution in [0.15, 0.2) is 12.2 Å². The van der Waals surface area contributed by atoms with Crippen LogP contribution in [-0.2, 0) is 14.4 Å². The van der Waals surface area contributed by atoms with Gasteiger partial charge in [0.1, 0.15) is 0 Å². The summed E-state index contributed by atoms with van der Waals surface area (Å²) >= 11 is 0. The molecule has 4 atom stereocenters. The third kappa shape index (κ3) is 2.77. The van der Waals surface area contributed by atoms with Crippen LogP contribution in [0.25, 0.3) is 0 Å². The minimum atomic E-state index is -0.908. The predicted octanol–water partition coefficient (Wildman–Crippen LogP) is -0.109. The number of hydrogen-bond donors (Lipinski definition) is 3. The van der Waals surface area contributed by atoms with E-state index in [1.807, 2.05) is 12.2 Å². The van der Waals surface area contributed by atoms with Gasteiger partial charge in [-0.1, -0.05) is 12.2 Å². The summed E-state index contributed by atoms with van der Waals surface area (Å²) in [5.41, 5.74) is 5.00. The summed E-state index contributed by atoms with van der Waals surface area (Å²) in [6.45, 7) is 0.353. The average molecular weight is 266 g/mol. The summed E-state index contributed by atoms with van der Waals surface area (Å²) in [5, 5.41) is 11.9. The van der Waals surface area contributed by atoms with Crippen molar-refractivity contribution in [3.8, 4) is 0 Å². The van der Waals surface area contributed by atoms with Gasteiger partial charge in [-0.3, -0.25) is 14.4 Å². The Morgan fingerprint density at radius 1 is 1.21 bits per heavy atom. The van der Waals surface area contributed by atoms with Gasteiger partial charge in [-0.05, 0) is 24.7 Å². The molecule has 1 fully saturated rings. The van der Waals surface area contributed by atoms with E-state index < -0.39 is 23.7 Å². The van der Waals surface area contributed by atoms with Crippen LogP contribution in [-0.4, -0.2) is 29.4 Å². The van der Waals surface area contributed by atoms with Gasteiger partial charge in [-0.15, -0.1) is 0 Å². The third-order valence-corrected chi connectivity index (χ3v) is 3.95. The molecule has 2 unspecified atom stereocenters. The fourth-order valence-corrected chi connectivity index (χ4v) is 3.11. The normalized spacial score (nSPS) is 31.4. The fraction of sp³-hybridized carbons (Fsp3) is 0.615. The molecule has 104 valence electrons. The fourth-order valence-electron chi connectivity index (χ4n) is 3.11. The Hall–Kier alpha value is -1.85. The summed E-state index contributed by atoms with van der Waals surface area (Å²) < 4.78 is 0. The van der Waals surface area contributed by atoms with Crippen LogP contribution < -0.4 is 11.1 Å². The van der Waals surface area contributed by atoms with E-state index in [2.05, 4.69) is 5.32 Å². The van der Waals surface area contributed by atoms with Gasteiger partial charge in [0, 0.05) is 13.0 Å². The second-order valence-corrected chi connectivity index (χ2v) is 5.20. The highest BCUT2D eigenvalue weighted by molar-refractivity contribution is 5.86. The van der Waals surface area contributed by atoms with Crippen molar-refractivity contribution in [1.29, 1.82) is 0 Å². The Morgan fingerprint density at radius 2 is 1.84 bits per heavy atom. The van der Waals surface area contributed by atoms with Crippen LogP contribution in [0.3, 0.4) is 0 Å². The van der Waals surface area contributed by atoms with Gasteiger partial charge in [0.2, 0.25) is 11.8 Å². The molecule has 6 nitrogen and oxygen atoms in total. The van der Waals surface area contributed by atoms with Crippen LogP contribution in [0.5, 0.6) is 0 Å². The van der Waals surface area contributed by atoms with E-state index in [1.54, 1.807) is 0 Å². The number of carboxylic acids is 1. The number of nitrogens with one attached hydrogen (secondary N) is 1. The Kier molecular flexibility index (Phi) is 3.87. The van der Waals surface area contributed by atoms with Gasteiger partial charge in [0.25, 0.3) is 0 Å². The zero-order valence-corrected chi connectivity index (χ0v) is 10.5. The monoisotopic (exact) mass is 266 g/mol. The highest BCUT2D eigenvalue weighted by atomic mass is 16.4. The smallest absolute Gasteiger partial charge is 0.307 e. The maximum atomic E-state index is 12.1. The van der Waals surface area contributed by atoms with Gasteiger partial charge in [-0.25, -0.2) is 0 Å². The van der Waals surface area contributed by atoms with Crippen LogP contribution in [0.1, 0.15) is 19.3 Å². The summed E-state index contributed by atoms with van der Waals surface area (Å²) in [5.74, 6) is -2.64. The van der Waals surface area contributed by atoms with Crippen molar-refractivity contribution in [3.63, 3.8) is 0 Å². The molecule has 2 rings (SSSR count). The van der Waals surface area contributed by atoms with Crippen molar-refractivity contribution in [2.24, 2.45) is 29.4 Å². The van der Waals surface area contributed by atoms with Crippen molar-refractivity contribution in [2.45, 2.75) is 19.3 Å². The van der Waals surface area contributed by atoms with E-state index in [0.29, 0.717) is 13.0 Å². The number of carbonyl (C=O) groups excluding carboxylic acids is 2. The van der Waals surface area contributed by atoms with Crippen molar-refractivity contribution in [3.05, 3.63) is 12.2 Å². The first-order chi connectivity index (χ1) is 9.00. The number of nitrogens with two attached hydrogens (primary N) is 1. The van der Waals surface area contributed by atoms with E-state index in [-0.39, 0.29) is 24.2 Å². The number of amides is 2. The van der Waals surface area contributed by atoms with E-state index in [1.165, 1.54) is 0 Å². The summed E-state index contributed by atoms with van der Waals surface area (Å²) in [4.78, 5) is 33.9. The van der Waals surface area contributed by atoms with Crippen LogP contribution in [0.2, 0.25) is 0 Å². The number of aliphatic carboxylic acids is 1. The van der Waals surface area contributed by atoms with Gasteiger partial charge in [-0.2, -0.15) is 0 Å². The first kappa shape index (κ1) is 13.6. The maximum absolute atomic E-state index is 12.1. The molecule has 1 saturated carbocycles. The number of fused-ring (bicyclic) bond motifs is 2. The molecule has 2 aliphatic carbocycles. The van der Waals surface area contributed by atoms with Gasteiger partial charge in [0.15, 0.2) is 0 Å². The molecule has 19 heavy (non-hydrogen) atoms. The van der Waals surface area contributed by atoms with E-state index in [0.717, 1.165) is 6.42 Å². The zero-order chi connectivity index (χ0) is 14.0. The molecule has 2 bridgehead atoms. The molecule has 2 aliphatic rings. The lowest BCUT2D eigenvalue weighted by Gasteiger charge is -2.23. The first-order valence-electron chi connectivity index (χ1n) is 6.48. The average Bonchev–Trinajstić information content (AvgIpc) is 2.93. The second kappa shape index (κ2) is 5.42. The molecule has 4 N–H and O–H groups in total. The molecule has 0 aliphatic heterocycles. The first-order valence-corrected chi connectivity index (χ1v) is 6.48. The Labute approximate surface area is 111 Å². The largest absolute Gasteiger partial charge is 0.481 e. The minimum absolute atomic E-state index is 0.0242. The van der Waals surface area contributed by atoms with Crippen LogP contribution in [0.4, 0.5) is 0 Å². The summed E-state index contributed by atoms with van der Waals surface area (Å²) in [6.07, 6.45) is 5.29. The second-order valence-electron chi connectivity index (χ2n) is 5.20. The number of allylic oxidation sites excluding steroid dienone is 2. The maximum Gasteiger partial charge on any atom is 0.307 e. The van der Waals surface area contributed by atoms with Gasteiger partial charge >= 0.3 is 5.97 Å². The number of carboxylic acid groups (broad SMARTS) is 1. The third-order valence-electron chi connectivity index (χ3n) is 3.95. The van der Waals surface area contributed by atoms with Gasteiger partial charge in [0.05, 0.1) is 11.8 Å². The van der Waals surface area contributed by atoms with Crippen molar-refractivity contribution in [1.82, 2.24) is 5.32 Å². The Morgan fingerprint density at radius 3 is 2.42 bits per heavy atom. The molecule has 2 amide bonds. The van der Waals surface area contributed by atoms with E-state index in [4.69, 9.17) is 5.73 Å². The quantitative estimate of drug-likeness (QED) is 0.460. The lowest BCUT2D eigenvalue weighted by Crippen LogP contribution is -2.40. The molecular weight excluding hydrogens is 248 g/mol. The number of primary amides is 1. The molecule has 6 heteroatoms. The van der Waals surface area contributed by atoms with Crippen molar-refractivity contribution in [2.75, 3.05) is 6.54 Å². The molecular formula is C13H18N2O4. The number of carbonyl (C=O) groups is 3. The van der Waals surface area contributed by atoms with Gasteiger partial charge < -0.3 is 16.2 Å². The van der Waals surface area contributed by atoms with Crippen LogP contribution in [0, 0.1) is 23.7 Å². The lowest BCUT2D eigenvalue weighted by atomic mass is 9.82. The topological polar surface area (TPSA) is 109 Å². The summed E-state index contributed by atoms with van der Waals surface area (Å²) in [7, 11) is 0. The number of rotatable bonds is 6. The number of hydrogen-bond acceptors (Lipinski definition) is 3. The Bertz CT molecular complexity index is 432. The summed E-state index contributed by atoms with van der Waals surface area (Å²) in [6, 6.07) is 0. The minimum Gasteiger partial charge on any atom is -0.481 e. The SMILES string of the molecule is NC(=O)CCCNC(=O)[C@H]1C2C=CC(C2)[C@H]1C(=O)O. The highest BCUT2D eigenvalue weighted by Crippen LogP contribution is 2.48. The molecule has 0 aromatic heterocycles. The molecule has 0 aromatic carbocycles. The standard InChI is InChI=1S/C13H18N2O4/c14-9(16)2-1-5-15-12(17)10-7-3-4-8(6-7)11(10)13(18)19/h3-4,7-8,10-11H,1-2,5-6H2,(H2,14,16)(H,15,17)(H,18,19)/t7?,8?,10-,11+/m0/s1. The highest BCUT2D eigenvalue weighted by Gasteiger charge is 2.51. The zero-order valence-electron chi connectivity index (χ0n) is 10.5. The van der Waals surface area contributed by atoms with Crippen molar-refractivity contribution < 1.29 is 19.5 Å². The lowest BCUT2D eigenvalue weighted by molar-refractivity contribution is -0.147. The van der Waals surface area contributed by atoms with Crippen molar-refractivity contribution >= 4 is 17.8 Å². The molecule has 0 radical (unpaired) electrons. The Balaban J connectivity index is 1.89. The predicted molar refractivity (Wildman–Crippen MR) is 66.8 cm³/mol. The molecule has 0 aromatic rings. The van der Waals surface area contributed by atoms with E-state index >= 15 is 0 Å². The molecule has 0 spiro atoms. The van der Waals surface area contributed by atoms with E-state index in [9.17, 15) is 19.5 Å². The molecule has 0 heterocycles.